The molecule has 0 fully saturated rings. The van der Waals surface area contributed by atoms with Crippen LogP contribution in [0.1, 0.15) is 0 Å². The summed E-state index contributed by atoms with van der Waals surface area (Å²) in [5.41, 5.74) is 2.32. The first kappa shape index (κ1) is 11.1. The number of hydrogen-bond acceptors (Lipinski definition) is 1. The molecular formula is C16H10ClNS. The number of benzene rings is 2. The lowest BCUT2D eigenvalue weighted by atomic mass is 10.1. The number of aromatic nitrogens is 1. The Morgan fingerprint density at radius 3 is 2.58 bits per heavy atom. The molecule has 1 N–H and O–H groups in total. The highest BCUT2D eigenvalue weighted by atomic mass is 35.5. The van der Waals surface area contributed by atoms with E-state index in [4.69, 9.17) is 11.6 Å². The summed E-state index contributed by atoms with van der Waals surface area (Å²) < 4.78 is 0.818. The zero-order chi connectivity index (χ0) is 12.8. The Kier molecular flexibility index (Phi) is 2.40. The van der Waals surface area contributed by atoms with E-state index in [2.05, 4.69) is 53.5 Å². The zero-order valence-corrected chi connectivity index (χ0v) is 11.6. The van der Waals surface area contributed by atoms with Crippen LogP contribution in [-0.4, -0.2) is 4.98 Å². The molecular weight excluding hydrogens is 274 g/mol. The largest absolute Gasteiger partial charge is 0.353 e. The van der Waals surface area contributed by atoms with Gasteiger partial charge in [0.2, 0.25) is 0 Å². The van der Waals surface area contributed by atoms with Crippen molar-refractivity contribution < 1.29 is 0 Å². The fourth-order valence-electron chi connectivity index (χ4n) is 2.47. The first-order valence-electron chi connectivity index (χ1n) is 6.07. The lowest BCUT2D eigenvalue weighted by molar-refractivity contribution is 1.49. The van der Waals surface area contributed by atoms with Crippen LogP contribution in [0.15, 0.2) is 54.6 Å². The van der Waals surface area contributed by atoms with Crippen LogP contribution in [0.25, 0.3) is 32.2 Å². The summed E-state index contributed by atoms with van der Waals surface area (Å²) in [7, 11) is 0. The summed E-state index contributed by atoms with van der Waals surface area (Å²) in [6.07, 6.45) is 0. The van der Waals surface area contributed by atoms with Crippen LogP contribution in [0.5, 0.6) is 0 Å². The molecule has 19 heavy (non-hydrogen) atoms. The monoisotopic (exact) mass is 283 g/mol. The van der Waals surface area contributed by atoms with Gasteiger partial charge in [-0.3, -0.25) is 0 Å². The van der Waals surface area contributed by atoms with Gasteiger partial charge in [0, 0.05) is 10.8 Å². The molecule has 0 aliphatic carbocycles. The van der Waals surface area contributed by atoms with Gasteiger partial charge in [-0.05, 0) is 23.6 Å². The van der Waals surface area contributed by atoms with Gasteiger partial charge >= 0.3 is 0 Å². The molecule has 0 unspecified atom stereocenters. The first-order valence-corrected chi connectivity index (χ1v) is 7.27. The fourth-order valence-corrected chi connectivity index (χ4v) is 3.48. The van der Waals surface area contributed by atoms with E-state index in [9.17, 15) is 0 Å². The van der Waals surface area contributed by atoms with E-state index in [-0.39, 0.29) is 0 Å². The maximum atomic E-state index is 6.01. The highest BCUT2D eigenvalue weighted by Crippen LogP contribution is 2.34. The Morgan fingerprint density at radius 1 is 0.895 bits per heavy atom. The van der Waals surface area contributed by atoms with Crippen LogP contribution < -0.4 is 0 Å². The van der Waals surface area contributed by atoms with E-state index in [0.717, 1.165) is 10.0 Å². The molecule has 0 radical (unpaired) electrons. The predicted molar refractivity (Wildman–Crippen MR) is 84.1 cm³/mol. The van der Waals surface area contributed by atoms with Crippen molar-refractivity contribution in [2.45, 2.75) is 0 Å². The fraction of sp³-hybridized carbons (Fsp3) is 0. The van der Waals surface area contributed by atoms with Crippen molar-refractivity contribution in [3.05, 3.63) is 58.9 Å². The first-order chi connectivity index (χ1) is 9.31. The number of thiophene rings is 1. The number of H-pyrrole nitrogens is 1. The molecule has 4 rings (SSSR count). The third-order valence-electron chi connectivity index (χ3n) is 3.36. The van der Waals surface area contributed by atoms with Crippen molar-refractivity contribution in [3.63, 3.8) is 0 Å². The molecule has 0 aliphatic rings. The van der Waals surface area contributed by atoms with Crippen LogP contribution >= 0.6 is 22.9 Å². The molecule has 4 aromatic rings. The SMILES string of the molecule is Clc1ccc(-c2cc3ccc4ccccc4c3[nH]2)s1. The molecule has 0 saturated carbocycles. The summed E-state index contributed by atoms with van der Waals surface area (Å²) in [5, 5.41) is 3.75. The standard InChI is InChI=1S/C16H10ClNS/c17-15-8-7-14(19-15)13-9-11-6-5-10-3-1-2-4-12(10)16(11)18-13/h1-9,18H. The quantitative estimate of drug-likeness (QED) is 0.461. The van der Waals surface area contributed by atoms with E-state index in [1.165, 1.54) is 26.6 Å². The highest BCUT2D eigenvalue weighted by molar-refractivity contribution is 7.19. The molecule has 0 bridgehead atoms. The van der Waals surface area contributed by atoms with Gasteiger partial charge in [0.05, 0.1) is 20.4 Å². The second-order valence-corrected chi connectivity index (χ2v) is 6.25. The van der Waals surface area contributed by atoms with Gasteiger partial charge in [0.25, 0.3) is 0 Å². The van der Waals surface area contributed by atoms with Crippen molar-refractivity contribution in [1.82, 2.24) is 4.98 Å². The van der Waals surface area contributed by atoms with Crippen LogP contribution in [-0.2, 0) is 0 Å². The van der Waals surface area contributed by atoms with E-state index < -0.39 is 0 Å². The van der Waals surface area contributed by atoms with E-state index in [1.807, 2.05) is 6.07 Å². The van der Waals surface area contributed by atoms with Crippen LogP contribution in [0.2, 0.25) is 4.34 Å². The molecule has 0 aliphatic heterocycles. The molecule has 2 aromatic carbocycles. The molecule has 2 aromatic heterocycles. The van der Waals surface area contributed by atoms with E-state index in [0.29, 0.717) is 0 Å². The maximum absolute atomic E-state index is 6.01. The minimum absolute atomic E-state index is 0.818. The third-order valence-corrected chi connectivity index (χ3v) is 4.62. The summed E-state index contributed by atoms with van der Waals surface area (Å²) in [4.78, 5) is 4.69. The van der Waals surface area contributed by atoms with E-state index >= 15 is 0 Å². The average Bonchev–Trinajstić information content (AvgIpc) is 3.04. The van der Waals surface area contributed by atoms with Crippen molar-refractivity contribution in [1.29, 1.82) is 0 Å². The van der Waals surface area contributed by atoms with Crippen LogP contribution in [0.3, 0.4) is 0 Å². The number of hydrogen-bond donors (Lipinski definition) is 1. The second-order valence-electron chi connectivity index (χ2n) is 4.54. The Labute approximate surface area is 119 Å². The number of fused-ring (bicyclic) bond motifs is 3. The molecule has 0 saturated heterocycles. The van der Waals surface area contributed by atoms with Gasteiger partial charge < -0.3 is 4.98 Å². The Hall–Kier alpha value is -1.77. The second kappa shape index (κ2) is 4.12. The van der Waals surface area contributed by atoms with Gasteiger partial charge in [0.1, 0.15) is 0 Å². The lowest BCUT2D eigenvalue weighted by Gasteiger charge is -1.98. The Balaban J connectivity index is 2.03. The summed E-state index contributed by atoms with van der Waals surface area (Å²) in [6, 6.07) is 18.9. The smallest absolute Gasteiger partial charge is 0.0935 e. The van der Waals surface area contributed by atoms with Crippen molar-refractivity contribution >= 4 is 44.6 Å². The summed E-state index contributed by atoms with van der Waals surface area (Å²) >= 11 is 7.60. The molecule has 2 heterocycles. The third kappa shape index (κ3) is 1.76. The van der Waals surface area contributed by atoms with E-state index in [1.54, 1.807) is 11.3 Å². The average molecular weight is 284 g/mol. The maximum Gasteiger partial charge on any atom is 0.0935 e. The molecule has 0 atom stereocenters. The Morgan fingerprint density at radius 2 is 1.74 bits per heavy atom. The molecule has 1 nitrogen and oxygen atoms in total. The Bertz CT molecular complexity index is 888. The number of nitrogens with one attached hydrogen (secondary N) is 1. The highest BCUT2D eigenvalue weighted by Gasteiger charge is 2.08. The van der Waals surface area contributed by atoms with Crippen molar-refractivity contribution in [3.8, 4) is 10.6 Å². The van der Waals surface area contributed by atoms with Gasteiger partial charge in [-0.25, -0.2) is 0 Å². The van der Waals surface area contributed by atoms with Crippen LogP contribution in [0, 0.1) is 0 Å². The summed E-state index contributed by atoms with van der Waals surface area (Å²) in [6.45, 7) is 0. The van der Waals surface area contributed by atoms with Gasteiger partial charge in [0.15, 0.2) is 0 Å². The molecule has 0 spiro atoms. The van der Waals surface area contributed by atoms with Crippen LogP contribution in [0.4, 0.5) is 0 Å². The number of halogens is 1. The molecule has 3 heteroatoms. The number of rotatable bonds is 1. The van der Waals surface area contributed by atoms with Gasteiger partial charge in [-0.15, -0.1) is 11.3 Å². The lowest BCUT2D eigenvalue weighted by Crippen LogP contribution is -1.74. The van der Waals surface area contributed by atoms with Gasteiger partial charge in [-0.1, -0.05) is 48.0 Å². The molecule has 92 valence electrons. The minimum Gasteiger partial charge on any atom is -0.353 e. The van der Waals surface area contributed by atoms with Gasteiger partial charge in [-0.2, -0.15) is 0 Å². The van der Waals surface area contributed by atoms with Crippen molar-refractivity contribution in [2.24, 2.45) is 0 Å². The normalized spacial score (nSPS) is 11.4. The van der Waals surface area contributed by atoms with Crippen molar-refractivity contribution in [2.75, 3.05) is 0 Å². The number of aromatic amines is 1. The minimum atomic E-state index is 0.818. The molecule has 0 amide bonds. The summed E-state index contributed by atoms with van der Waals surface area (Å²) in [5.74, 6) is 0. The zero-order valence-electron chi connectivity index (χ0n) is 9.98. The predicted octanol–water partition coefficient (Wildman–Crippen LogP) is 5.70. The topological polar surface area (TPSA) is 15.8 Å².